The third kappa shape index (κ3) is 11.5. The van der Waals surface area contributed by atoms with E-state index < -0.39 is 0 Å². The van der Waals surface area contributed by atoms with Crippen molar-refractivity contribution in [1.82, 2.24) is 4.90 Å². The Morgan fingerprint density at radius 3 is 2.00 bits per heavy atom. The van der Waals surface area contributed by atoms with Crippen LogP contribution in [0.1, 0.15) is 13.3 Å². The zero-order chi connectivity index (χ0) is 6.57. The van der Waals surface area contributed by atoms with Gasteiger partial charge in [0.15, 0.2) is 0 Å². The molecule has 0 aliphatic heterocycles. The number of Topliss-reactive ketones (excluding diaryl/α,β-unsaturated/α-hetero) is 1. The third-order valence-corrected chi connectivity index (χ3v) is 0.911. The van der Waals surface area contributed by atoms with Gasteiger partial charge in [0.05, 0.1) is 0 Å². The molecule has 0 rings (SSSR count). The van der Waals surface area contributed by atoms with Gasteiger partial charge in [-0.15, -0.1) is 12.4 Å². The number of carbonyl (C=O) groups excluding carboxylic acids is 1. The first-order valence-electron chi connectivity index (χ1n) is 2.77. The normalized spacial score (nSPS) is 8.89. The van der Waals surface area contributed by atoms with Crippen molar-refractivity contribution in [3.05, 3.63) is 0 Å². The maximum Gasteiger partial charge on any atom is 0.131 e. The van der Waals surface area contributed by atoms with Crippen molar-refractivity contribution >= 4 is 18.2 Å². The van der Waals surface area contributed by atoms with Crippen LogP contribution >= 0.6 is 12.4 Å². The molecule has 0 aliphatic rings. The Balaban J connectivity index is 0. The second-order valence-electron chi connectivity index (χ2n) is 2.26. The average Bonchev–Trinajstić information content (AvgIpc) is 1.61. The van der Waals surface area contributed by atoms with Gasteiger partial charge in [-0.1, -0.05) is 0 Å². The van der Waals surface area contributed by atoms with Crippen molar-refractivity contribution in [2.75, 3.05) is 20.6 Å². The van der Waals surface area contributed by atoms with E-state index in [1.54, 1.807) is 6.92 Å². The van der Waals surface area contributed by atoms with E-state index >= 15 is 0 Å². The van der Waals surface area contributed by atoms with Crippen molar-refractivity contribution in [3.63, 3.8) is 0 Å². The Labute approximate surface area is 62.6 Å². The van der Waals surface area contributed by atoms with E-state index in [0.717, 1.165) is 6.54 Å². The van der Waals surface area contributed by atoms with Crippen LogP contribution in [-0.2, 0) is 4.79 Å². The highest BCUT2D eigenvalue weighted by Gasteiger charge is 1.92. The molecule has 0 unspecified atom stereocenters. The third-order valence-electron chi connectivity index (χ3n) is 0.911. The average molecular weight is 152 g/mol. The molecule has 3 heteroatoms. The predicted molar refractivity (Wildman–Crippen MR) is 41.1 cm³/mol. The van der Waals surface area contributed by atoms with Crippen molar-refractivity contribution in [1.29, 1.82) is 0 Å². The minimum absolute atomic E-state index is 0. The van der Waals surface area contributed by atoms with Crippen LogP contribution in [0.15, 0.2) is 0 Å². The van der Waals surface area contributed by atoms with Crippen LogP contribution in [0.25, 0.3) is 0 Å². The lowest BCUT2D eigenvalue weighted by molar-refractivity contribution is -0.117. The van der Waals surface area contributed by atoms with Gasteiger partial charge in [0.1, 0.15) is 5.78 Å². The summed E-state index contributed by atoms with van der Waals surface area (Å²) in [5.74, 6) is 0.263. The van der Waals surface area contributed by atoms with Gasteiger partial charge in [-0.25, -0.2) is 0 Å². The first-order chi connectivity index (χ1) is 3.63. The summed E-state index contributed by atoms with van der Waals surface area (Å²) in [6.45, 7) is 2.48. The van der Waals surface area contributed by atoms with Crippen molar-refractivity contribution in [2.24, 2.45) is 0 Å². The fourth-order valence-corrected chi connectivity index (χ4v) is 0.381. The summed E-state index contributed by atoms with van der Waals surface area (Å²) in [7, 11) is 3.92. The van der Waals surface area contributed by atoms with Crippen molar-refractivity contribution < 1.29 is 4.79 Å². The maximum atomic E-state index is 10.3. The molecule has 0 aliphatic carbocycles. The summed E-state index contributed by atoms with van der Waals surface area (Å²) in [6, 6.07) is 0. The molecule has 0 heterocycles. The largest absolute Gasteiger partial charge is 0.309 e. The second-order valence-corrected chi connectivity index (χ2v) is 2.26. The molecule has 0 aromatic rings. The summed E-state index contributed by atoms with van der Waals surface area (Å²) in [6.07, 6.45) is 0.674. The lowest BCUT2D eigenvalue weighted by Gasteiger charge is -2.05. The molecule has 2 nitrogen and oxygen atoms in total. The number of nitrogens with zero attached hydrogens (tertiary/aromatic N) is 1. The van der Waals surface area contributed by atoms with Crippen LogP contribution in [0.3, 0.4) is 0 Å². The highest BCUT2D eigenvalue weighted by molar-refractivity contribution is 5.85. The van der Waals surface area contributed by atoms with E-state index in [9.17, 15) is 4.79 Å². The number of hydrogen-bond donors (Lipinski definition) is 0. The van der Waals surface area contributed by atoms with Crippen LogP contribution in [-0.4, -0.2) is 31.3 Å². The monoisotopic (exact) mass is 151 g/mol. The smallest absolute Gasteiger partial charge is 0.131 e. The van der Waals surface area contributed by atoms with Crippen LogP contribution in [0.2, 0.25) is 0 Å². The van der Waals surface area contributed by atoms with Gasteiger partial charge < -0.3 is 4.90 Å². The maximum absolute atomic E-state index is 10.3. The molecule has 9 heavy (non-hydrogen) atoms. The number of halogens is 1. The van der Waals surface area contributed by atoms with E-state index in [1.165, 1.54) is 0 Å². The highest BCUT2D eigenvalue weighted by Crippen LogP contribution is 1.82. The summed E-state index contributed by atoms with van der Waals surface area (Å²) >= 11 is 0. The molecule has 0 N–H and O–H groups in total. The van der Waals surface area contributed by atoms with Gasteiger partial charge in [0.2, 0.25) is 0 Å². The molecule has 0 fully saturated rings. The Bertz CT molecular complexity index is 83.1. The van der Waals surface area contributed by atoms with Gasteiger partial charge in [-0.3, -0.25) is 4.79 Å². The van der Waals surface area contributed by atoms with Crippen molar-refractivity contribution in [2.45, 2.75) is 13.3 Å². The number of rotatable bonds is 3. The minimum Gasteiger partial charge on any atom is -0.309 e. The molecule has 0 atom stereocenters. The van der Waals surface area contributed by atoms with Crippen LogP contribution in [0, 0.1) is 0 Å². The molecule has 0 amide bonds. The van der Waals surface area contributed by atoms with Gasteiger partial charge in [0.25, 0.3) is 0 Å². The van der Waals surface area contributed by atoms with E-state index in [4.69, 9.17) is 0 Å². The Morgan fingerprint density at radius 1 is 1.44 bits per heavy atom. The first-order valence-corrected chi connectivity index (χ1v) is 2.77. The van der Waals surface area contributed by atoms with Crippen LogP contribution < -0.4 is 0 Å². The molecular weight excluding hydrogens is 138 g/mol. The lowest BCUT2D eigenvalue weighted by Crippen LogP contribution is -2.15. The van der Waals surface area contributed by atoms with Gasteiger partial charge in [-0.2, -0.15) is 0 Å². The molecule has 0 aromatic heterocycles. The first kappa shape index (κ1) is 11.7. The summed E-state index contributed by atoms with van der Waals surface area (Å²) in [5, 5.41) is 0. The quantitative estimate of drug-likeness (QED) is 0.599. The summed E-state index contributed by atoms with van der Waals surface area (Å²) in [5.41, 5.74) is 0. The predicted octanol–water partition coefficient (Wildman–Crippen LogP) is 0.949. The molecule has 0 saturated carbocycles. The SMILES string of the molecule is CC(=O)CCN(C)C.Cl. The summed E-state index contributed by atoms with van der Waals surface area (Å²) in [4.78, 5) is 12.3. The fourth-order valence-electron chi connectivity index (χ4n) is 0.381. The van der Waals surface area contributed by atoms with E-state index in [1.807, 2.05) is 19.0 Å². The van der Waals surface area contributed by atoms with E-state index in [2.05, 4.69) is 0 Å². The van der Waals surface area contributed by atoms with Gasteiger partial charge in [-0.05, 0) is 21.0 Å². The zero-order valence-electron chi connectivity index (χ0n) is 6.18. The molecule has 56 valence electrons. The van der Waals surface area contributed by atoms with Crippen LogP contribution in [0.5, 0.6) is 0 Å². The van der Waals surface area contributed by atoms with Crippen molar-refractivity contribution in [3.8, 4) is 0 Å². The van der Waals surface area contributed by atoms with E-state index in [0.29, 0.717) is 6.42 Å². The lowest BCUT2D eigenvalue weighted by atomic mass is 10.3. The highest BCUT2D eigenvalue weighted by atomic mass is 35.5. The number of ketones is 1. The summed E-state index contributed by atoms with van der Waals surface area (Å²) < 4.78 is 0. The fraction of sp³-hybridized carbons (Fsp3) is 0.833. The number of carbonyl (C=O) groups is 1. The second kappa shape index (κ2) is 6.05. The van der Waals surface area contributed by atoms with Gasteiger partial charge >= 0.3 is 0 Å². The molecule has 0 bridgehead atoms. The Hall–Kier alpha value is -0.0800. The van der Waals surface area contributed by atoms with Gasteiger partial charge in [0, 0.05) is 13.0 Å². The zero-order valence-corrected chi connectivity index (χ0v) is 6.99. The topological polar surface area (TPSA) is 20.3 Å². The Kier molecular flexibility index (Phi) is 7.85. The molecule has 0 saturated heterocycles. The Morgan fingerprint density at radius 2 is 1.89 bits per heavy atom. The molecule has 0 radical (unpaired) electrons. The minimum atomic E-state index is 0. The number of hydrogen-bond acceptors (Lipinski definition) is 2. The van der Waals surface area contributed by atoms with Crippen LogP contribution in [0.4, 0.5) is 0 Å². The van der Waals surface area contributed by atoms with E-state index in [-0.39, 0.29) is 18.2 Å². The molecular formula is C6H14ClNO. The standard InChI is InChI=1S/C6H13NO.ClH/c1-6(8)4-5-7(2)3;/h4-5H2,1-3H3;1H. The molecule has 0 aromatic carbocycles. The molecule has 0 spiro atoms.